The largest absolute Gasteiger partial charge is 0.354 e. The highest BCUT2D eigenvalue weighted by Crippen LogP contribution is 2.25. The van der Waals surface area contributed by atoms with Crippen molar-refractivity contribution in [2.45, 2.75) is 32.4 Å². The maximum atomic E-state index is 11.9. The van der Waals surface area contributed by atoms with E-state index in [4.69, 9.17) is 5.73 Å². The van der Waals surface area contributed by atoms with E-state index < -0.39 is 5.54 Å². The van der Waals surface area contributed by atoms with Crippen molar-refractivity contribution in [3.63, 3.8) is 0 Å². The van der Waals surface area contributed by atoms with Crippen LogP contribution in [-0.2, 0) is 4.79 Å². The SMILES string of the molecule is C[C@H](N)c1ccc(N2CCNC(=O)C2(C)C)cn1. The van der Waals surface area contributed by atoms with Gasteiger partial charge >= 0.3 is 0 Å². The Bertz CT molecular complexity index is 439. The summed E-state index contributed by atoms with van der Waals surface area (Å²) in [5.41, 5.74) is 7.05. The zero-order chi connectivity index (χ0) is 13.3. The van der Waals surface area contributed by atoms with E-state index in [0.717, 1.165) is 17.9 Å². The smallest absolute Gasteiger partial charge is 0.245 e. The predicted octanol–water partition coefficient (Wildman–Crippen LogP) is 0.816. The molecule has 1 fully saturated rings. The van der Waals surface area contributed by atoms with Gasteiger partial charge in [0.05, 0.1) is 17.6 Å². The molecule has 0 bridgehead atoms. The second-order valence-electron chi connectivity index (χ2n) is 5.20. The van der Waals surface area contributed by atoms with Crippen LogP contribution in [0, 0.1) is 0 Å². The van der Waals surface area contributed by atoms with Gasteiger partial charge in [0.1, 0.15) is 5.54 Å². The number of hydrogen-bond donors (Lipinski definition) is 2. The van der Waals surface area contributed by atoms with Crippen LogP contribution >= 0.6 is 0 Å². The molecule has 5 heteroatoms. The first kappa shape index (κ1) is 12.8. The molecule has 98 valence electrons. The lowest BCUT2D eigenvalue weighted by Crippen LogP contribution is -2.62. The summed E-state index contributed by atoms with van der Waals surface area (Å²) >= 11 is 0. The molecule has 1 aromatic heterocycles. The van der Waals surface area contributed by atoms with Crippen molar-refractivity contribution in [3.8, 4) is 0 Å². The summed E-state index contributed by atoms with van der Waals surface area (Å²) in [6.07, 6.45) is 1.79. The number of nitrogens with zero attached hydrogens (tertiary/aromatic N) is 2. The minimum absolute atomic E-state index is 0.0463. The highest BCUT2D eigenvalue weighted by molar-refractivity contribution is 5.90. The molecule has 1 amide bonds. The summed E-state index contributed by atoms with van der Waals surface area (Å²) in [7, 11) is 0. The minimum Gasteiger partial charge on any atom is -0.354 e. The Morgan fingerprint density at radius 3 is 2.78 bits per heavy atom. The van der Waals surface area contributed by atoms with Gasteiger partial charge in [0.2, 0.25) is 5.91 Å². The Morgan fingerprint density at radius 1 is 1.50 bits per heavy atom. The van der Waals surface area contributed by atoms with Crippen LogP contribution in [-0.4, -0.2) is 29.5 Å². The fourth-order valence-corrected chi connectivity index (χ4v) is 2.18. The van der Waals surface area contributed by atoms with E-state index in [9.17, 15) is 4.79 Å². The second kappa shape index (κ2) is 4.57. The van der Waals surface area contributed by atoms with Crippen molar-refractivity contribution in [2.75, 3.05) is 18.0 Å². The number of hydrogen-bond acceptors (Lipinski definition) is 4. The number of pyridine rings is 1. The van der Waals surface area contributed by atoms with Crippen LogP contribution in [0.5, 0.6) is 0 Å². The predicted molar refractivity (Wildman–Crippen MR) is 71.3 cm³/mol. The Hall–Kier alpha value is -1.62. The number of anilines is 1. The first-order valence-electron chi connectivity index (χ1n) is 6.20. The van der Waals surface area contributed by atoms with E-state index in [1.165, 1.54) is 0 Å². The maximum absolute atomic E-state index is 11.9. The van der Waals surface area contributed by atoms with Crippen LogP contribution in [0.25, 0.3) is 0 Å². The second-order valence-corrected chi connectivity index (χ2v) is 5.20. The molecule has 0 spiro atoms. The van der Waals surface area contributed by atoms with Crippen molar-refractivity contribution in [1.82, 2.24) is 10.3 Å². The highest BCUT2D eigenvalue weighted by Gasteiger charge is 2.37. The normalized spacial score (nSPS) is 20.4. The summed E-state index contributed by atoms with van der Waals surface area (Å²) in [6.45, 7) is 7.19. The van der Waals surface area contributed by atoms with Crippen molar-refractivity contribution >= 4 is 11.6 Å². The summed E-state index contributed by atoms with van der Waals surface area (Å²) in [5.74, 6) is 0.0463. The molecular weight excluding hydrogens is 228 g/mol. The molecule has 18 heavy (non-hydrogen) atoms. The Balaban J connectivity index is 2.27. The molecule has 1 aromatic rings. The topological polar surface area (TPSA) is 71.2 Å². The van der Waals surface area contributed by atoms with Gasteiger partial charge in [-0.05, 0) is 32.9 Å². The zero-order valence-corrected chi connectivity index (χ0v) is 11.1. The Kier molecular flexibility index (Phi) is 3.26. The van der Waals surface area contributed by atoms with Crippen molar-refractivity contribution in [2.24, 2.45) is 5.73 Å². The highest BCUT2D eigenvalue weighted by atomic mass is 16.2. The molecule has 1 aliphatic rings. The quantitative estimate of drug-likeness (QED) is 0.812. The van der Waals surface area contributed by atoms with Crippen LogP contribution in [0.3, 0.4) is 0 Å². The number of carbonyl (C=O) groups excluding carboxylic acids is 1. The van der Waals surface area contributed by atoms with Gasteiger partial charge < -0.3 is 16.0 Å². The number of nitrogens with two attached hydrogens (primary N) is 1. The van der Waals surface area contributed by atoms with Crippen LogP contribution in [0.15, 0.2) is 18.3 Å². The molecule has 2 rings (SSSR count). The van der Waals surface area contributed by atoms with E-state index in [2.05, 4.69) is 15.2 Å². The molecule has 1 saturated heterocycles. The van der Waals surface area contributed by atoms with Gasteiger partial charge in [-0.25, -0.2) is 0 Å². The van der Waals surface area contributed by atoms with Gasteiger partial charge in [0, 0.05) is 19.1 Å². The molecular formula is C13H20N4O. The zero-order valence-electron chi connectivity index (χ0n) is 11.1. The summed E-state index contributed by atoms with van der Waals surface area (Å²) in [6, 6.07) is 3.82. The first-order valence-corrected chi connectivity index (χ1v) is 6.20. The molecule has 0 aliphatic carbocycles. The number of amides is 1. The van der Waals surface area contributed by atoms with Crippen LogP contribution in [0.4, 0.5) is 5.69 Å². The average Bonchev–Trinajstić information content (AvgIpc) is 2.33. The molecule has 0 unspecified atom stereocenters. The Labute approximate surface area is 107 Å². The number of aromatic nitrogens is 1. The lowest BCUT2D eigenvalue weighted by molar-refractivity contribution is -0.126. The third-order valence-corrected chi connectivity index (χ3v) is 3.40. The lowest BCUT2D eigenvalue weighted by Gasteiger charge is -2.42. The van der Waals surface area contributed by atoms with E-state index in [1.807, 2.05) is 32.9 Å². The average molecular weight is 248 g/mol. The minimum atomic E-state index is -0.546. The molecule has 5 nitrogen and oxygen atoms in total. The van der Waals surface area contributed by atoms with Crippen molar-refractivity contribution in [3.05, 3.63) is 24.0 Å². The van der Waals surface area contributed by atoms with Crippen LogP contribution in [0.2, 0.25) is 0 Å². The fourth-order valence-electron chi connectivity index (χ4n) is 2.18. The molecule has 1 aliphatic heterocycles. The number of carbonyl (C=O) groups is 1. The molecule has 1 atom stereocenters. The third-order valence-electron chi connectivity index (χ3n) is 3.40. The van der Waals surface area contributed by atoms with Gasteiger partial charge in [-0.15, -0.1) is 0 Å². The van der Waals surface area contributed by atoms with E-state index in [0.29, 0.717) is 6.54 Å². The fraction of sp³-hybridized carbons (Fsp3) is 0.538. The summed E-state index contributed by atoms with van der Waals surface area (Å²) in [4.78, 5) is 18.3. The molecule has 0 radical (unpaired) electrons. The first-order chi connectivity index (χ1) is 8.43. The van der Waals surface area contributed by atoms with Crippen molar-refractivity contribution < 1.29 is 4.79 Å². The van der Waals surface area contributed by atoms with Gasteiger partial charge in [-0.1, -0.05) is 0 Å². The van der Waals surface area contributed by atoms with E-state index in [-0.39, 0.29) is 11.9 Å². The number of nitrogens with one attached hydrogen (secondary N) is 1. The third kappa shape index (κ3) is 2.18. The molecule has 2 heterocycles. The number of rotatable bonds is 2. The summed E-state index contributed by atoms with van der Waals surface area (Å²) in [5, 5.41) is 2.88. The van der Waals surface area contributed by atoms with Gasteiger partial charge in [-0.3, -0.25) is 9.78 Å². The number of piperazine rings is 1. The van der Waals surface area contributed by atoms with Crippen molar-refractivity contribution in [1.29, 1.82) is 0 Å². The molecule has 3 N–H and O–H groups in total. The van der Waals surface area contributed by atoms with Crippen LogP contribution in [0.1, 0.15) is 32.5 Å². The monoisotopic (exact) mass is 248 g/mol. The van der Waals surface area contributed by atoms with Crippen LogP contribution < -0.4 is 16.0 Å². The standard InChI is InChI=1S/C13H20N4O/c1-9(14)11-5-4-10(8-16-11)17-7-6-15-12(18)13(17,2)3/h4-5,8-9H,6-7,14H2,1-3H3,(H,15,18)/t9-/m0/s1. The van der Waals surface area contributed by atoms with E-state index >= 15 is 0 Å². The van der Waals surface area contributed by atoms with Gasteiger partial charge in [0.25, 0.3) is 0 Å². The molecule has 0 aromatic carbocycles. The van der Waals surface area contributed by atoms with E-state index in [1.54, 1.807) is 6.20 Å². The van der Waals surface area contributed by atoms with Gasteiger partial charge in [0.15, 0.2) is 0 Å². The Morgan fingerprint density at radius 2 is 2.22 bits per heavy atom. The lowest BCUT2D eigenvalue weighted by atomic mass is 9.98. The maximum Gasteiger partial charge on any atom is 0.245 e. The summed E-state index contributed by atoms with van der Waals surface area (Å²) < 4.78 is 0. The van der Waals surface area contributed by atoms with Gasteiger partial charge in [-0.2, -0.15) is 0 Å². The molecule has 0 saturated carbocycles.